The fourth-order valence-corrected chi connectivity index (χ4v) is 3.85. The summed E-state index contributed by atoms with van der Waals surface area (Å²) in [6.07, 6.45) is 3.86. The van der Waals surface area contributed by atoms with Crippen molar-refractivity contribution in [2.45, 2.75) is 45.3 Å². The van der Waals surface area contributed by atoms with Crippen molar-refractivity contribution in [1.82, 2.24) is 14.3 Å². The van der Waals surface area contributed by atoms with E-state index >= 15 is 0 Å². The summed E-state index contributed by atoms with van der Waals surface area (Å²) >= 11 is 0. The number of pyridine rings is 1. The van der Waals surface area contributed by atoms with E-state index in [1.807, 2.05) is 28.8 Å². The van der Waals surface area contributed by atoms with E-state index in [2.05, 4.69) is 4.98 Å². The van der Waals surface area contributed by atoms with Crippen molar-refractivity contribution in [2.75, 3.05) is 13.1 Å². The molecule has 0 bridgehead atoms. The minimum absolute atomic E-state index is 0.0186. The van der Waals surface area contributed by atoms with Gasteiger partial charge in [-0.2, -0.15) is 0 Å². The number of nitrogen functional groups attached to an aromatic ring is 1. The Hall–Kier alpha value is -3.88. The molecule has 2 aromatic heterocycles. The van der Waals surface area contributed by atoms with Crippen LogP contribution in [0.3, 0.4) is 0 Å². The van der Waals surface area contributed by atoms with Crippen LogP contribution in [0.1, 0.15) is 49.5 Å². The number of amidine groups is 1. The Kier molecular flexibility index (Phi) is 6.28. The number of likely N-dealkylation sites (tertiary alicyclic amines) is 1. The summed E-state index contributed by atoms with van der Waals surface area (Å²) in [6.45, 7) is 6.38. The number of hydrogen-bond acceptors (Lipinski definition) is 6. The monoisotopic (exact) mass is 463 g/mol. The van der Waals surface area contributed by atoms with Crippen LogP contribution >= 0.6 is 0 Å². The molecule has 0 aliphatic carbocycles. The zero-order valence-corrected chi connectivity index (χ0v) is 19.6. The zero-order valence-electron chi connectivity index (χ0n) is 19.6. The molecule has 1 fully saturated rings. The van der Waals surface area contributed by atoms with Crippen molar-refractivity contribution >= 4 is 23.5 Å². The number of nitrogens with two attached hydrogens (primary N) is 1. The lowest BCUT2D eigenvalue weighted by Gasteiger charge is -2.32. The number of carbonyl (C=O) groups excluding carboxylic acids is 2. The second-order valence-corrected chi connectivity index (χ2v) is 9.37. The third kappa shape index (κ3) is 5.36. The average Bonchev–Trinajstić information content (AvgIpc) is 3.21. The molecule has 3 N–H and O–H groups in total. The molecule has 9 nitrogen and oxygen atoms in total. The first kappa shape index (κ1) is 23.3. The maximum Gasteiger partial charge on any atom is 0.509 e. The minimum Gasteiger partial charge on any atom is -0.431 e. The van der Waals surface area contributed by atoms with Crippen molar-refractivity contribution in [1.29, 1.82) is 5.41 Å². The number of aromatic nitrogens is 2. The molecule has 9 heteroatoms. The molecule has 0 saturated carbocycles. The highest BCUT2D eigenvalue weighted by atomic mass is 16.7. The molecule has 0 unspecified atom stereocenters. The van der Waals surface area contributed by atoms with E-state index < -0.39 is 11.8 Å². The fraction of sp³-hybridized carbons (Fsp3) is 0.360. The Morgan fingerprint density at radius 1 is 1.03 bits per heavy atom. The van der Waals surface area contributed by atoms with Gasteiger partial charge < -0.3 is 24.5 Å². The van der Waals surface area contributed by atoms with Crippen molar-refractivity contribution < 1.29 is 19.1 Å². The molecular weight excluding hydrogens is 434 g/mol. The zero-order chi connectivity index (χ0) is 24.5. The Morgan fingerprint density at radius 3 is 2.29 bits per heavy atom. The summed E-state index contributed by atoms with van der Waals surface area (Å²) < 4.78 is 12.4. The standard InChI is InChI=1S/C25H29N5O4/c1-25(2,3)34-24(32)33-19-10-12-29(13-11-19)23(31)18-8-9-21-28-20(15-30(21)14-18)16-4-6-17(7-5-16)22(26)27/h4-9,14-15,19H,10-13H2,1-3H3,(H3,26,27). The molecule has 34 heavy (non-hydrogen) atoms. The Morgan fingerprint density at radius 2 is 1.68 bits per heavy atom. The maximum absolute atomic E-state index is 13.1. The van der Waals surface area contributed by atoms with E-state index in [-0.39, 0.29) is 17.8 Å². The van der Waals surface area contributed by atoms with Crippen molar-refractivity contribution in [3.05, 3.63) is 59.9 Å². The van der Waals surface area contributed by atoms with Crippen LogP contribution in [0.15, 0.2) is 48.8 Å². The molecule has 0 atom stereocenters. The van der Waals surface area contributed by atoms with Gasteiger partial charge in [-0.25, -0.2) is 9.78 Å². The number of carbonyl (C=O) groups is 2. The topological polar surface area (TPSA) is 123 Å². The van der Waals surface area contributed by atoms with Crippen LogP contribution in [0.4, 0.5) is 4.79 Å². The number of imidazole rings is 1. The highest BCUT2D eigenvalue weighted by Crippen LogP contribution is 2.22. The van der Waals surface area contributed by atoms with Gasteiger partial charge in [0, 0.05) is 49.5 Å². The number of ether oxygens (including phenoxy) is 2. The molecule has 0 spiro atoms. The second kappa shape index (κ2) is 9.17. The molecule has 1 aliphatic rings. The van der Waals surface area contributed by atoms with Crippen LogP contribution < -0.4 is 5.73 Å². The molecular formula is C25H29N5O4. The number of amides is 1. The van der Waals surface area contributed by atoms with Crippen LogP contribution in [0, 0.1) is 5.41 Å². The quantitative estimate of drug-likeness (QED) is 0.344. The van der Waals surface area contributed by atoms with E-state index in [1.54, 1.807) is 50.1 Å². The first-order valence-electron chi connectivity index (χ1n) is 11.2. The number of rotatable bonds is 4. The highest BCUT2D eigenvalue weighted by molar-refractivity contribution is 5.95. The maximum atomic E-state index is 13.1. The van der Waals surface area contributed by atoms with E-state index in [1.165, 1.54) is 0 Å². The van der Waals surface area contributed by atoms with Gasteiger partial charge in [-0.3, -0.25) is 10.2 Å². The third-order valence-corrected chi connectivity index (χ3v) is 5.57. The molecule has 3 heterocycles. The Bertz CT molecular complexity index is 1220. The molecule has 1 aromatic carbocycles. The van der Waals surface area contributed by atoms with Gasteiger partial charge in [0.1, 0.15) is 23.2 Å². The summed E-state index contributed by atoms with van der Waals surface area (Å²) in [5.41, 5.74) is 8.53. The van der Waals surface area contributed by atoms with Gasteiger partial charge in [0.2, 0.25) is 0 Å². The molecule has 1 saturated heterocycles. The van der Waals surface area contributed by atoms with Gasteiger partial charge in [0.25, 0.3) is 5.91 Å². The van der Waals surface area contributed by atoms with Gasteiger partial charge >= 0.3 is 6.16 Å². The lowest BCUT2D eigenvalue weighted by atomic mass is 10.1. The summed E-state index contributed by atoms with van der Waals surface area (Å²) in [5.74, 6) is -0.0520. The summed E-state index contributed by atoms with van der Waals surface area (Å²) in [5, 5.41) is 7.51. The van der Waals surface area contributed by atoms with Gasteiger partial charge in [0.05, 0.1) is 11.3 Å². The number of benzene rings is 1. The summed E-state index contributed by atoms with van der Waals surface area (Å²) in [4.78, 5) is 31.4. The number of nitrogens with one attached hydrogen (secondary N) is 1. The van der Waals surface area contributed by atoms with Crippen molar-refractivity contribution in [2.24, 2.45) is 5.73 Å². The SMILES string of the molecule is CC(C)(C)OC(=O)OC1CCN(C(=O)c2ccc3nc(-c4ccc(C(=N)N)cc4)cn3c2)CC1. The van der Waals surface area contributed by atoms with E-state index in [0.717, 1.165) is 16.9 Å². The lowest BCUT2D eigenvalue weighted by Crippen LogP contribution is -2.42. The summed E-state index contributed by atoms with van der Waals surface area (Å²) in [6, 6.07) is 10.9. The smallest absolute Gasteiger partial charge is 0.431 e. The van der Waals surface area contributed by atoms with E-state index in [9.17, 15) is 9.59 Å². The first-order valence-corrected chi connectivity index (χ1v) is 11.2. The number of hydrogen-bond donors (Lipinski definition) is 2. The van der Waals surface area contributed by atoms with Gasteiger partial charge in [-0.1, -0.05) is 24.3 Å². The fourth-order valence-electron chi connectivity index (χ4n) is 3.85. The van der Waals surface area contributed by atoms with E-state index in [4.69, 9.17) is 20.6 Å². The number of nitrogens with zero attached hydrogens (tertiary/aromatic N) is 3. The van der Waals surface area contributed by atoms with Crippen LogP contribution in [-0.2, 0) is 9.47 Å². The second-order valence-electron chi connectivity index (χ2n) is 9.37. The molecule has 4 rings (SSSR count). The largest absolute Gasteiger partial charge is 0.509 e. The molecule has 178 valence electrons. The molecule has 3 aromatic rings. The van der Waals surface area contributed by atoms with Crippen molar-refractivity contribution in [3.63, 3.8) is 0 Å². The third-order valence-electron chi connectivity index (χ3n) is 5.57. The van der Waals surface area contributed by atoms with Crippen LogP contribution in [-0.4, -0.2) is 57.0 Å². The average molecular weight is 464 g/mol. The summed E-state index contributed by atoms with van der Waals surface area (Å²) in [7, 11) is 0. The first-order chi connectivity index (χ1) is 16.1. The van der Waals surface area contributed by atoms with Crippen LogP contribution in [0.25, 0.3) is 16.9 Å². The van der Waals surface area contributed by atoms with Crippen LogP contribution in [0.5, 0.6) is 0 Å². The predicted octanol–water partition coefficient (Wildman–Crippen LogP) is 3.84. The van der Waals surface area contributed by atoms with Crippen molar-refractivity contribution in [3.8, 4) is 11.3 Å². The minimum atomic E-state index is -0.672. The van der Waals surface area contributed by atoms with E-state index in [0.29, 0.717) is 37.1 Å². The van der Waals surface area contributed by atoms with Gasteiger partial charge in [-0.15, -0.1) is 0 Å². The Labute approximate surface area is 198 Å². The van der Waals surface area contributed by atoms with Gasteiger partial charge in [0.15, 0.2) is 0 Å². The molecule has 1 amide bonds. The highest BCUT2D eigenvalue weighted by Gasteiger charge is 2.28. The van der Waals surface area contributed by atoms with Crippen LogP contribution in [0.2, 0.25) is 0 Å². The molecule has 1 aliphatic heterocycles. The lowest BCUT2D eigenvalue weighted by molar-refractivity contribution is -0.0375. The number of piperidine rings is 1. The Balaban J connectivity index is 1.40. The predicted molar refractivity (Wildman–Crippen MR) is 128 cm³/mol. The number of fused-ring (bicyclic) bond motifs is 1. The normalized spacial score (nSPS) is 14.7. The van der Waals surface area contributed by atoms with Gasteiger partial charge in [-0.05, 0) is 32.9 Å². The molecule has 0 radical (unpaired) electrons.